The largest absolute Gasteiger partial charge is 0.399 e. The van der Waals surface area contributed by atoms with Crippen LogP contribution in [0.2, 0.25) is 5.02 Å². The monoisotopic (exact) mass is 363 g/mol. The first-order valence-corrected chi connectivity index (χ1v) is 7.33. The molecule has 2 aromatic carbocycles. The maximum absolute atomic E-state index is 6.17. The number of aryl methyl sites for hydroxylation is 1. The summed E-state index contributed by atoms with van der Waals surface area (Å²) in [5.41, 5.74) is 9.12. The zero-order chi connectivity index (χ0) is 15.0. The number of anilines is 1. The lowest BCUT2D eigenvalue weighted by Gasteiger charge is -2.07. The van der Waals surface area contributed by atoms with Gasteiger partial charge in [0.05, 0.1) is 5.69 Å². The summed E-state index contributed by atoms with van der Waals surface area (Å²) in [5.74, 6) is 0.600. The highest BCUT2D eigenvalue weighted by molar-refractivity contribution is 9.10. The lowest BCUT2D eigenvalue weighted by Crippen LogP contribution is -2.00. The molecule has 0 aliphatic heterocycles. The number of benzene rings is 2. The van der Waals surface area contributed by atoms with Crippen molar-refractivity contribution in [1.29, 1.82) is 0 Å². The van der Waals surface area contributed by atoms with E-state index in [9.17, 15) is 0 Å². The lowest BCUT2D eigenvalue weighted by molar-refractivity contribution is 0.791. The summed E-state index contributed by atoms with van der Waals surface area (Å²) in [6.07, 6.45) is 0. The van der Waals surface area contributed by atoms with Crippen LogP contribution in [-0.4, -0.2) is 20.2 Å². The Balaban J connectivity index is 2.14. The van der Waals surface area contributed by atoms with Crippen molar-refractivity contribution in [3.05, 3.63) is 51.5 Å². The molecule has 3 aromatic rings. The van der Waals surface area contributed by atoms with Crippen LogP contribution in [0.5, 0.6) is 0 Å². The molecule has 0 aliphatic carbocycles. The third-order valence-corrected chi connectivity index (χ3v) is 3.91. The Morgan fingerprint density at radius 1 is 1.19 bits per heavy atom. The van der Waals surface area contributed by atoms with E-state index in [0.29, 0.717) is 16.5 Å². The molecule has 3 rings (SSSR count). The molecule has 21 heavy (non-hydrogen) atoms. The number of aromatic nitrogens is 4. The molecule has 0 amide bonds. The van der Waals surface area contributed by atoms with Crippen molar-refractivity contribution in [2.45, 2.75) is 6.92 Å². The van der Waals surface area contributed by atoms with Crippen LogP contribution in [0, 0.1) is 6.92 Å². The number of nitrogens with zero attached hydrogens (tertiary/aromatic N) is 4. The molecule has 2 N–H and O–H groups in total. The van der Waals surface area contributed by atoms with Gasteiger partial charge in [-0.3, -0.25) is 0 Å². The number of nitrogens with two attached hydrogens (primary N) is 1. The first kappa shape index (κ1) is 14.0. The van der Waals surface area contributed by atoms with Gasteiger partial charge in [0.15, 0.2) is 5.82 Å². The zero-order valence-electron chi connectivity index (χ0n) is 11.1. The van der Waals surface area contributed by atoms with Crippen molar-refractivity contribution < 1.29 is 0 Å². The Morgan fingerprint density at radius 3 is 2.71 bits per heavy atom. The smallest absolute Gasteiger partial charge is 0.187 e. The van der Waals surface area contributed by atoms with Crippen LogP contribution in [0.15, 0.2) is 40.9 Å². The van der Waals surface area contributed by atoms with Gasteiger partial charge < -0.3 is 5.73 Å². The van der Waals surface area contributed by atoms with Crippen LogP contribution in [0.4, 0.5) is 5.69 Å². The minimum atomic E-state index is 0.600. The van der Waals surface area contributed by atoms with Gasteiger partial charge in [0.1, 0.15) is 0 Å². The molecule has 0 atom stereocenters. The van der Waals surface area contributed by atoms with Gasteiger partial charge in [0, 0.05) is 20.7 Å². The Labute approximate surface area is 134 Å². The van der Waals surface area contributed by atoms with Gasteiger partial charge in [-0.2, -0.15) is 4.68 Å². The van der Waals surface area contributed by atoms with Gasteiger partial charge in [-0.05, 0) is 53.2 Å². The zero-order valence-corrected chi connectivity index (χ0v) is 13.4. The van der Waals surface area contributed by atoms with Crippen molar-refractivity contribution in [3.8, 4) is 17.1 Å². The Kier molecular flexibility index (Phi) is 3.65. The summed E-state index contributed by atoms with van der Waals surface area (Å²) in [5, 5.41) is 12.5. The topological polar surface area (TPSA) is 69.6 Å². The number of hydrogen-bond donors (Lipinski definition) is 1. The van der Waals surface area contributed by atoms with Crippen molar-refractivity contribution in [2.24, 2.45) is 0 Å². The van der Waals surface area contributed by atoms with E-state index < -0.39 is 0 Å². The number of rotatable bonds is 2. The summed E-state index contributed by atoms with van der Waals surface area (Å²) in [7, 11) is 0. The normalized spacial score (nSPS) is 10.8. The van der Waals surface area contributed by atoms with Crippen LogP contribution in [0.25, 0.3) is 17.1 Å². The standard InChI is InChI=1S/C14H11BrClN5/c1-8-2-3-12(7-13(8)16)21-14(18-19-20-21)9-4-10(15)6-11(17)5-9/h2-7H,17H2,1H3. The molecule has 0 radical (unpaired) electrons. The number of nitrogen functional groups attached to an aromatic ring is 1. The molecular formula is C14H11BrClN5. The van der Waals surface area contributed by atoms with E-state index in [4.69, 9.17) is 17.3 Å². The molecular weight excluding hydrogens is 354 g/mol. The lowest BCUT2D eigenvalue weighted by atomic mass is 10.2. The first-order valence-electron chi connectivity index (χ1n) is 6.16. The summed E-state index contributed by atoms with van der Waals surface area (Å²) >= 11 is 9.59. The fourth-order valence-electron chi connectivity index (χ4n) is 2.00. The summed E-state index contributed by atoms with van der Waals surface area (Å²) in [6, 6.07) is 11.2. The fourth-order valence-corrected chi connectivity index (χ4v) is 2.68. The maximum atomic E-state index is 6.17. The minimum absolute atomic E-state index is 0.600. The van der Waals surface area contributed by atoms with E-state index in [1.165, 1.54) is 0 Å². The summed E-state index contributed by atoms with van der Waals surface area (Å²) in [6.45, 7) is 1.95. The Morgan fingerprint density at radius 2 is 2.00 bits per heavy atom. The van der Waals surface area contributed by atoms with E-state index in [2.05, 4.69) is 31.5 Å². The van der Waals surface area contributed by atoms with E-state index in [1.807, 2.05) is 43.3 Å². The SMILES string of the molecule is Cc1ccc(-n2nnnc2-c2cc(N)cc(Br)c2)cc1Cl. The molecule has 0 saturated carbocycles. The van der Waals surface area contributed by atoms with Gasteiger partial charge in [-0.25, -0.2) is 0 Å². The maximum Gasteiger partial charge on any atom is 0.187 e. The Hall–Kier alpha value is -1.92. The molecule has 0 spiro atoms. The van der Waals surface area contributed by atoms with Crippen LogP contribution < -0.4 is 5.73 Å². The van der Waals surface area contributed by atoms with E-state index in [0.717, 1.165) is 21.3 Å². The number of tetrazole rings is 1. The Bertz CT molecular complexity index is 795. The second-order valence-corrected chi connectivity index (χ2v) is 5.94. The second-order valence-electron chi connectivity index (χ2n) is 4.62. The molecule has 0 fully saturated rings. The van der Waals surface area contributed by atoms with Crippen molar-refractivity contribution >= 4 is 33.2 Å². The van der Waals surface area contributed by atoms with Crippen molar-refractivity contribution in [1.82, 2.24) is 20.2 Å². The van der Waals surface area contributed by atoms with Gasteiger partial charge in [-0.1, -0.05) is 33.6 Å². The van der Waals surface area contributed by atoms with Gasteiger partial charge in [0.25, 0.3) is 0 Å². The number of hydrogen-bond acceptors (Lipinski definition) is 4. The van der Waals surface area contributed by atoms with Gasteiger partial charge in [0.2, 0.25) is 0 Å². The molecule has 1 aromatic heterocycles. The summed E-state index contributed by atoms with van der Waals surface area (Å²) in [4.78, 5) is 0. The molecule has 1 heterocycles. The second kappa shape index (κ2) is 5.46. The van der Waals surface area contributed by atoms with E-state index in [1.54, 1.807) is 4.68 Å². The third-order valence-electron chi connectivity index (χ3n) is 3.05. The summed E-state index contributed by atoms with van der Waals surface area (Å²) < 4.78 is 2.50. The highest BCUT2D eigenvalue weighted by Gasteiger charge is 2.12. The molecule has 0 aliphatic rings. The quantitative estimate of drug-likeness (QED) is 0.705. The highest BCUT2D eigenvalue weighted by atomic mass is 79.9. The molecule has 7 heteroatoms. The van der Waals surface area contributed by atoms with Crippen LogP contribution >= 0.6 is 27.5 Å². The highest BCUT2D eigenvalue weighted by Crippen LogP contribution is 2.27. The minimum Gasteiger partial charge on any atom is -0.399 e. The van der Waals surface area contributed by atoms with Crippen LogP contribution in [0.1, 0.15) is 5.56 Å². The van der Waals surface area contributed by atoms with E-state index in [-0.39, 0.29) is 0 Å². The third kappa shape index (κ3) is 2.77. The molecule has 0 unspecified atom stereocenters. The van der Waals surface area contributed by atoms with Crippen molar-refractivity contribution in [3.63, 3.8) is 0 Å². The van der Waals surface area contributed by atoms with Crippen LogP contribution in [0.3, 0.4) is 0 Å². The van der Waals surface area contributed by atoms with E-state index >= 15 is 0 Å². The van der Waals surface area contributed by atoms with Gasteiger partial charge >= 0.3 is 0 Å². The first-order chi connectivity index (χ1) is 10.0. The predicted octanol–water partition coefficient (Wildman–Crippen LogP) is 3.64. The molecule has 0 saturated heterocycles. The average Bonchev–Trinajstić information content (AvgIpc) is 2.90. The molecule has 0 bridgehead atoms. The van der Waals surface area contributed by atoms with Gasteiger partial charge in [-0.15, -0.1) is 5.10 Å². The average molecular weight is 365 g/mol. The fraction of sp³-hybridized carbons (Fsp3) is 0.0714. The number of halogens is 2. The molecule has 5 nitrogen and oxygen atoms in total. The molecule has 106 valence electrons. The van der Waals surface area contributed by atoms with Crippen LogP contribution in [-0.2, 0) is 0 Å². The van der Waals surface area contributed by atoms with Crippen molar-refractivity contribution in [2.75, 3.05) is 5.73 Å². The predicted molar refractivity (Wildman–Crippen MR) is 86.4 cm³/mol.